The molecule has 0 radical (unpaired) electrons. The molecule has 1 aliphatic carbocycles. The van der Waals surface area contributed by atoms with Crippen LogP contribution in [0, 0.1) is 11.8 Å². The van der Waals surface area contributed by atoms with Crippen molar-refractivity contribution in [2.75, 3.05) is 13.1 Å². The summed E-state index contributed by atoms with van der Waals surface area (Å²) in [5, 5.41) is 3.00. The minimum Gasteiger partial charge on any atom is -0.352 e. The van der Waals surface area contributed by atoms with Crippen molar-refractivity contribution in [2.24, 2.45) is 17.6 Å². The topological polar surface area (TPSA) is 75.4 Å². The molecular weight excluding hydrogens is 242 g/mol. The molecule has 2 rings (SSSR count). The summed E-state index contributed by atoms with van der Waals surface area (Å²) in [6.07, 6.45) is 3.79. The summed E-state index contributed by atoms with van der Waals surface area (Å²) >= 11 is 0. The maximum atomic E-state index is 11.9. The van der Waals surface area contributed by atoms with E-state index < -0.39 is 6.04 Å². The number of amides is 2. The Morgan fingerprint density at radius 2 is 1.74 bits per heavy atom. The molecule has 5 nitrogen and oxygen atoms in total. The Morgan fingerprint density at radius 3 is 2.21 bits per heavy atom. The summed E-state index contributed by atoms with van der Waals surface area (Å²) in [4.78, 5) is 25.7. The number of hydrogen-bond acceptors (Lipinski definition) is 3. The van der Waals surface area contributed by atoms with Crippen LogP contribution < -0.4 is 11.1 Å². The van der Waals surface area contributed by atoms with Crippen LogP contribution in [0.15, 0.2) is 0 Å². The van der Waals surface area contributed by atoms with Gasteiger partial charge >= 0.3 is 0 Å². The van der Waals surface area contributed by atoms with Crippen molar-refractivity contribution < 1.29 is 9.59 Å². The Bertz CT molecular complexity index is 345. The predicted octanol–water partition coefficient (Wildman–Crippen LogP) is 0.487. The van der Waals surface area contributed by atoms with Crippen molar-refractivity contribution in [1.82, 2.24) is 10.2 Å². The molecule has 2 aliphatic rings. The molecule has 1 aliphatic heterocycles. The molecule has 0 aromatic heterocycles. The van der Waals surface area contributed by atoms with E-state index in [0.717, 1.165) is 38.8 Å². The van der Waals surface area contributed by atoms with Gasteiger partial charge in [0, 0.05) is 25.0 Å². The molecule has 5 heteroatoms. The number of likely N-dealkylation sites (tertiary alicyclic amines) is 1. The first-order valence-corrected chi connectivity index (χ1v) is 7.33. The van der Waals surface area contributed by atoms with Crippen LogP contribution in [0.2, 0.25) is 0 Å². The van der Waals surface area contributed by atoms with Gasteiger partial charge in [-0.1, -0.05) is 13.8 Å². The van der Waals surface area contributed by atoms with E-state index in [9.17, 15) is 9.59 Å². The molecule has 1 heterocycles. The molecule has 0 aromatic rings. The lowest BCUT2D eigenvalue weighted by atomic mass is 10.0. The average Bonchev–Trinajstić information content (AvgIpc) is 3.22. The fraction of sp³-hybridized carbons (Fsp3) is 0.857. The normalized spacial score (nSPS) is 22.4. The summed E-state index contributed by atoms with van der Waals surface area (Å²) in [5.74, 6) is 0.683. The van der Waals surface area contributed by atoms with E-state index in [1.54, 1.807) is 0 Å². The van der Waals surface area contributed by atoms with Gasteiger partial charge in [0.2, 0.25) is 11.8 Å². The van der Waals surface area contributed by atoms with E-state index in [-0.39, 0.29) is 17.9 Å². The molecule has 2 amide bonds. The van der Waals surface area contributed by atoms with Crippen LogP contribution in [-0.2, 0) is 9.59 Å². The van der Waals surface area contributed by atoms with Gasteiger partial charge in [-0.3, -0.25) is 9.59 Å². The maximum Gasteiger partial charge on any atom is 0.237 e. The first kappa shape index (κ1) is 14.3. The van der Waals surface area contributed by atoms with Crippen molar-refractivity contribution in [1.29, 1.82) is 0 Å². The molecule has 0 bridgehead atoms. The smallest absolute Gasteiger partial charge is 0.237 e. The molecule has 1 saturated carbocycles. The lowest BCUT2D eigenvalue weighted by molar-refractivity contribution is -0.133. The molecule has 0 spiro atoms. The number of carbonyl (C=O) groups excluding carboxylic acids is 2. The van der Waals surface area contributed by atoms with Crippen molar-refractivity contribution >= 4 is 11.8 Å². The third-order valence-corrected chi connectivity index (χ3v) is 4.10. The van der Waals surface area contributed by atoms with Crippen LogP contribution in [0.5, 0.6) is 0 Å². The van der Waals surface area contributed by atoms with Gasteiger partial charge in [-0.25, -0.2) is 0 Å². The Hall–Kier alpha value is -1.10. The van der Waals surface area contributed by atoms with Gasteiger partial charge in [-0.2, -0.15) is 0 Å². The first-order valence-electron chi connectivity index (χ1n) is 7.33. The number of piperidine rings is 1. The van der Waals surface area contributed by atoms with Crippen LogP contribution >= 0.6 is 0 Å². The minimum atomic E-state index is -0.439. The highest BCUT2D eigenvalue weighted by atomic mass is 16.2. The first-order chi connectivity index (χ1) is 8.99. The van der Waals surface area contributed by atoms with E-state index in [2.05, 4.69) is 5.32 Å². The highest BCUT2D eigenvalue weighted by Crippen LogP contribution is 2.31. The Morgan fingerprint density at radius 1 is 1.16 bits per heavy atom. The van der Waals surface area contributed by atoms with Crippen LogP contribution in [-0.4, -0.2) is 41.9 Å². The van der Waals surface area contributed by atoms with Gasteiger partial charge in [0.15, 0.2) is 0 Å². The highest BCUT2D eigenvalue weighted by molar-refractivity contribution is 5.82. The van der Waals surface area contributed by atoms with Crippen LogP contribution in [0.1, 0.15) is 39.5 Å². The Kier molecular flexibility index (Phi) is 4.45. The highest BCUT2D eigenvalue weighted by Gasteiger charge is 2.35. The summed E-state index contributed by atoms with van der Waals surface area (Å²) in [6, 6.07) is -0.272. The molecule has 108 valence electrons. The summed E-state index contributed by atoms with van der Waals surface area (Å²) in [6.45, 7) is 5.41. The molecule has 0 unspecified atom stereocenters. The largest absolute Gasteiger partial charge is 0.352 e. The van der Waals surface area contributed by atoms with E-state index in [4.69, 9.17) is 5.73 Å². The van der Waals surface area contributed by atoms with Gasteiger partial charge in [0.1, 0.15) is 0 Å². The number of hydrogen-bond donors (Lipinski definition) is 2. The second-order valence-corrected chi connectivity index (χ2v) is 6.15. The summed E-state index contributed by atoms with van der Waals surface area (Å²) < 4.78 is 0. The monoisotopic (exact) mass is 267 g/mol. The van der Waals surface area contributed by atoms with Crippen LogP contribution in [0.4, 0.5) is 0 Å². The molecule has 2 fully saturated rings. The number of nitrogens with one attached hydrogen (secondary N) is 1. The standard InChI is InChI=1S/C14H25N3O2/c1-9(2)12(15)13(18)16-11-5-7-17(8-6-11)14(19)10-3-4-10/h9-12H,3-8,15H2,1-2H3,(H,16,18)/t12-/m1/s1. The zero-order valence-electron chi connectivity index (χ0n) is 11.9. The zero-order valence-corrected chi connectivity index (χ0v) is 11.9. The van der Waals surface area contributed by atoms with E-state index in [0.29, 0.717) is 11.8 Å². The van der Waals surface area contributed by atoms with Gasteiger partial charge in [0.25, 0.3) is 0 Å². The average molecular weight is 267 g/mol. The second kappa shape index (κ2) is 5.90. The van der Waals surface area contributed by atoms with Gasteiger partial charge in [-0.05, 0) is 31.6 Å². The van der Waals surface area contributed by atoms with E-state index in [1.807, 2.05) is 18.7 Å². The van der Waals surface area contributed by atoms with Gasteiger partial charge < -0.3 is 16.0 Å². The molecule has 19 heavy (non-hydrogen) atoms. The number of nitrogens with zero attached hydrogens (tertiary/aromatic N) is 1. The Balaban J connectivity index is 1.74. The predicted molar refractivity (Wildman–Crippen MR) is 73.3 cm³/mol. The quantitative estimate of drug-likeness (QED) is 0.778. The Labute approximate surface area is 114 Å². The molecular formula is C14H25N3O2. The summed E-state index contributed by atoms with van der Waals surface area (Å²) in [5.41, 5.74) is 5.82. The maximum absolute atomic E-state index is 11.9. The molecule has 1 atom stereocenters. The van der Waals surface area contributed by atoms with Crippen molar-refractivity contribution in [3.05, 3.63) is 0 Å². The summed E-state index contributed by atoms with van der Waals surface area (Å²) in [7, 11) is 0. The molecule has 0 aromatic carbocycles. The third kappa shape index (κ3) is 3.69. The molecule has 1 saturated heterocycles. The fourth-order valence-electron chi connectivity index (χ4n) is 2.43. The number of nitrogens with two attached hydrogens (primary N) is 1. The second-order valence-electron chi connectivity index (χ2n) is 6.15. The van der Waals surface area contributed by atoms with Crippen LogP contribution in [0.3, 0.4) is 0 Å². The SMILES string of the molecule is CC(C)[C@@H](N)C(=O)NC1CCN(C(=O)C2CC2)CC1. The van der Waals surface area contributed by atoms with Crippen molar-refractivity contribution in [3.8, 4) is 0 Å². The zero-order chi connectivity index (χ0) is 14.0. The van der Waals surface area contributed by atoms with Gasteiger partial charge in [0.05, 0.1) is 6.04 Å². The number of carbonyl (C=O) groups is 2. The van der Waals surface area contributed by atoms with E-state index in [1.165, 1.54) is 0 Å². The lowest BCUT2D eigenvalue weighted by Crippen LogP contribution is -2.52. The van der Waals surface area contributed by atoms with Gasteiger partial charge in [-0.15, -0.1) is 0 Å². The minimum absolute atomic E-state index is 0.0676. The molecule has 3 N–H and O–H groups in total. The lowest BCUT2D eigenvalue weighted by Gasteiger charge is -2.33. The van der Waals surface area contributed by atoms with Crippen LogP contribution in [0.25, 0.3) is 0 Å². The third-order valence-electron chi connectivity index (χ3n) is 4.10. The van der Waals surface area contributed by atoms with Crippen molar-refractivity contribution in [2.45, 2.75) is 51.6 Å². The van der Waals surface area contributed by atoms with E-state index >= 15 is 0 Å². The fourth-order valence-corrected chi connectivity index (χ4v) is 2.43. The van der Waals surface area contributed by atoms with Crippen molar-refractivity contribution in [3.63, 3.8) is 0 Å². The number of rotatable bonds is 4.